The van der Waals surface area contributed by atoms with Crippen LogP contribution in [0.4, 0.5) is 0 Å². The number of ether oxygens (including phenoxy) is 1. The molecule has 0 spiro atoms. The summed E-state index contributed by atoms with van der Waals surface area (Å²) in [6, 6.07) is 4.61. The maximum absolute atomic E-state index is 6.03. The van der Waals surface area contributed by atoms with Crippen LogP contribution < -0.4 is 0 Å². The van der Waals surface area contributed by atoms with E-state index in [4.69, 9.17) is 4.74 Å². The van der Waals surface area contributed by atoms with Gasteiger partial charge in [-0.15, -0.1) is 0 Å². The molecule has 100 valence electrons. The minimum absolute atomic E-state index is 0.269. The van der Waals surface area contributed by atoms with Crippen molar-refractivity contribution in [1.82, 2.24) is 0 Å². The molecular formula is C18H22O. The Morgan fingerprint density at radius 2 is 1.79 bits per heavy atom. The van der Waals surface area contributed by atoms with E-state index in [2.05, 4.69) is 38.1 Å². The van der Waals surface area contributed by atoms with Crippen molar-refractivity contribution in [3.05, 3.63) is 46.5 Å². The predicted molar refractivity (Wildman–Crippen MR) is 77.5 cm³/mol. The molecule has 0 unspecified atom stereocenters. The van der Waals surface area contributed by atoms with Crippen LogP contribution in [0.3, 0.4) is 0 Å². The second-order valence-corrected chi connectivity index (χ2v) is 6.79. The molecule has 2 aliphatic carbocycles. The van der Waals surface area contributed by atoms with Gasteiger partial charge in [-0.1, -0.05) is 24.3 Å². The number of allylic oxidation sites excluding steroid dienone is 2. The first-order valence-corrected chi connectivity index (χ1v) is 7.51. The first kappa shape index (κ1) is 11.7. The quantitative estimate of drug-likeness (QED) is 0.639. The van der Waals surface area contributed by atoms with E-state index in [0.29, 0.717) is 5.41 Å². The topological polar surface area (TPSA) is 9.23 Å². The van der Waals surface area contributed by atoms with Crippen molar-refractivity contribution in [2.24, 2.45) is 5.41 Å². The Bertz CT molecular complexity index is 571. The van der Waals surface area contributed by atoms with Gasteiger partial charge >= 0.3 is 0 Å². The Morgan fingerprint density at radius 3 is 2.68 bits per heavy atom. The highest BCUT2D eigenvalue weighted by Gasteiger charge is 2.59. The normalized spacial score (nSPS) is 35.7. The molecule has 1 nitrogen and oxygen atoms in total. The van der Waals surface area contributed by atoms with Gasteiger partial charge in [0, 0.05) is 10.8 Å². The Kier molecular flexibility index (Phi) is 2.30. The molecule has 1 aliphatic heterocycles. The van der Waals surface area contributed by atoms with Gasteiger partial charge in [-0.05, 0) is 61.8 Å². The molecule has 1 heterocycles. The molecule has 19 heavy (non-hydrogen) atoms. The molecule has 0 radical (unpaired) electrons. The van der Waals surface area contributed by atoms with Crippen molar-refractivity contribution in [2.45, 2.75) is 44.9 Å². The van der Waals surface area contributed by atoms with Gasteiger partial charge in [-0.2, -0.15) is 0 Å². The number of rotatable bonds is 0. The van der Waals surface area contributed by atoms with Gasteiger partial charge in [0.25, 0.3) is 0 Å². The second kappa shape index (κ2) is 3.73. The lowest BCUT2D eigenvalue weighted by atomic mass is 9.50. The minimum atomic E-state index is 0.269. The second-order valence-electron chi connectivity index (χ2n) is 6.79. The van der Waals surface area contributed by atoms with E-state index in [0.717, 1.165) is 13.2 Å². The number of benzene rings is 1. The molecule has 1 fully saturated rings. The maximum atomic E-state index is 6.03. The van der Waals surface area contributed by atoms with E-state index < -0.39 is 0 Å². The standard InChI is InChI=1S/C18H22O/c1-13-5-6-14(2)16-15(13)7-10-17-8-3-4-9-18(16,17)12-19-11-17/h3-6H,7-12H2,1-2H3/t17-,18+/m0/s1. The lowest BCUT2D eigenvalue weighted by molar-refractivity contribution is 0.125. The van der Waals surface area contributed by atoms with E-state index in [1.165, 1.54) is 36.8 Å². The molecule has 3 aliphatic rings. The molecular weight excluding hydrogens is 232 g/mol. The van der Waals surface area contributed by atoms with Crippen LogP contribution in [-0.4, -0.2) is 13.2 Å². The Morgan fingerprint density at radius 1 is 1.00 bits per heavy atom. The fourth-order valence-electron chi connectivity index (χ4n) is 4.91. The van der Waals surface area contributed by atoms with Gasteiger partial charge < -0.3 is 4.74 Å². The van der Waals surface area contributed by atoms with Crippen LogP contribution in [-0.2, 0) is 16.6 Å². The maximum Gasteiger partial charge on any atom is 0.0572 e. The number of hydrogen-bond acceptors (Lipinski definition) is 1. The van der Waals surface area contributed by atoms with Crippen molar-refractivity contribution < 1.29 is 4.74 Å². The summed E-state index contributed by atoms with van der Waals surface area (Å²) in [4.78, 5) is 0. The first-order chi connectivity index (χ1) is 9.19. The molecule has 0 aromatic heterocycles. The molecule has 2 atom stereocenters. The fraction of sp³-hybridized carbons (Fsp3) is 0.556. The molecule has 0 amide bonds. The molecule has 0 saturated carbocycles. The van der Waals surface area contributed by atoms with Crippen molar-refractivity contribution in [1.29, 1.82) is 0 Å². The van der Waals surface area contributed by atoms with Crippen LogP contribution >= 0.6 is 0 Å². The molecule has 1 heteroatoms. The lowest BCUT2D eigenvalue weighted by Gasteiger charge is -2.51. The van der Waals surface area contributed by atoms with Gasteiger partial charge in [0.05, 0.1) is 13.2 Å². The fourth-order valence-corrected chi connectivity index (χ4v) is 4.91. The SMILES string of the molecule is Cc1ccc(C)c2c1CC[C@]13CC=CC[C@@]21COC3. The van der Waals surface area contributed by atoms with Crippen LogP contribution in [0.25, 0.3) is 0 Å². The molecule has 1 saturated heterocycles. The van der Waals surface area contributed by atoms with Gasteiger partial charge in [-0.25, -0.2) is 0 Å². The van der Waals surface area contributed by atoms with Gasteiger partial charge in [0.2, 0.25) is 0 Å². The summed E-state index contributed by atoms with van der Waals surface area (Å²) in [7, 11) is 0. The van der Waals surface area contributed by atoms with Crippen LogP contribution in [0.1, 0.15) is 41.5 Å². The summed E-state index contributed by atoms with van der Waals surface area (Å²) in [6.07, 6.45) is 9.70. The van der Waals surface area contributed by atoms with E-state index >= 15 is 0 Å². The molecule has 4 rings (SSSR count). The van der Waals surface area contributed by atoms with Gasteiger partial charge in [-0.3, -0.25) is 0 Å². The van der Waals surface area contributed by atoms with Crippen LogP contribution in [0.2, 0.25) is 0 Å². The zero-order valence-corrected chi connectivity index (χ0v) is 12.0. The van der Waals surface area contributed by atoms with E-state index in [9.17, 15) is 0 Å². The van der Waals surface area contributed by atoms with Gasteiger partial charge in [0.15, 0.2) is 0 Å². The molecule has 1 aromatic carbocycles. The van der Waals surface area contributed by atoms with Crippen molar-refractivity contribution in [3.63, 3.8) is 0 Å². The number of aryl methyl sites for hydroxylation is 2. The summed E-state index contributed by atoms with van der Waals surface area (Å²) in [5.41, 5.74) is 6.87. The van der Waals surface area contributed by atoms with Gasteiger partial charge in [0.1, 0.15) is 0 Å². The largest absolute Gasteiger partial charge is 0.380 e. The van der Waals surface area contributed by atoms with E-state index in [-0.39, 0.29) is 5.41 Å². The molecule has 0 N–H and O–H groups in total. The Labute approximate surface area is 115 Å². The summed E-state index contributed by atoms with van der Waals surface area (Å²) < 4.78 is 6.03. The molecule has 0 bridgehead atoms. The van der Waals surface area contributed by atoms with Crippen LogP contribution in [0.15, 0.2) is 24.3 Å². The third-order valence-electron chi connectivity index (χ3n) is 5.97. The van der Waals surface area contributed by atoms with E-state index in [1.807, 2.05) is 0 Å². The van der Waals surface area contributed by atoms with Crippen molar-refractivity contribution in [2.75, 3.05) is 13.2 Å². The average molecular weight is 254 g/mol. The number of fused-ring (bicyclic) bond motifs is 1. The first-order valence-electron chi connectivity index (χ1n) is 7.51. The van der Waals surface area contributed by atoms with E-state index in [1.54, 1.807) is 11.1 Å². The van der Waals surface area contributed by atoms with Crippen molar-refractivity contribution in [3.8, 4) is 0 Å². The average Bonchev–Trinajstić information content (AvgIpc) is 2.82. The monoisotopic (exact) mass is 254 g/mol. The predicted octanol–water partition coefficient (Wildman–Crippen LogP) is 3.85. The minimum Gasteiger partial charge on any atom is -0.380 e. The highest BCUT2D eigenvalue weighted by atomic mass is 16.5. The third kappa shape index (κ3) is 1.30. The van der Waals surface area contributed by atoms with Crippen LogP contribution in [0, 0.1) is 19.3 Å². The Hall–Kier alpha value is -1.08. The zero-order valence-electron chi connectivity index (χ0n) is 12.0. The smallest absolute Gasteiger partial charge is 0.0572 e. The summed E-state index contributed by atoms with van der Waals surface area (Å²) in [5, 5.41) is 0. The summed E-state index contributed by atoms with van der Waals surface area (Å²) >= 11 is 0. The van der Waals surface area contributed by atoms with Crippen LogP contribution in [0.5, 0.6) is 0 Å². The number of hydrogen-bond donors (Lipinski definition) is 0. The molecule has 1 aromatic rings. The Balaban J connectivity index is 2.03. The van der Waals surface area contributed by atoms with Crippen molar-refractivity contribution >= 4 is 0 Å². The summed E-state index contributed by atoms with van der Waals surface area (Å²) in [6.45, 7) is 6.45. The summed E-state index contributed by atoms with van der Waals surface area (Å²) in [5.74, 6) is 0. The zero-order chi connectivity index (χ0) is 13.1. The highest BCUT2D eigenvalue weighted by Crippen LogP contribution is 2.60. The lowest BCUT2D eigenvalue weighted by Crippen LogP contribution is -2.50. The third-order valence-corrected chi connectivity index (χ3v) is 5.97. The highest BCUT2D eigenvalue weighted by molar-refractivity contribution is 5.50.